The molecule has 0 fully saturated rings. The van der Waals surface area contributed by atoms with Gasteiger partial charge in [0, 0.05) is 6.42 Å². The zero-order valence-electron chi connectivity index (χ0n) is 5.67. The van der Waals surface area contributed by atoms with Crippen LogP contribution in [0.3, 0.4) is 0 Å². The third-order valence-corrected chi connectivity index (χ3v) is 0.835. The van der Waals surface area contributed by atoms with Crippen LogP contribution in [0.15, 0.2) is 36.6 Å². The number of rotatable bonds is 3. The molecule has 0 aliphatic heterocycles. The second-order valence-corrected chi connectivity index (χ2v) is 1.68. The highest BCUT2D eigenvalue weighted by atomic mass is 16.3. The molecule has 0 saturated heterocycles. The summed E-state index contributed by atoms with van der Waals surface area (Å²) >= 11 is 0. The first-order valence-corrected chi connectivity index (χ1v) is 2.93. The summed E-state index contributed by atoms with van der Waals surface area (Å²) in [5.74, 6) is 0.350. The molecular formula is C8H12O. The Balaban J connectivity index is 3.68. The predicted molar refractivity (Wildman–Crippen MR) is 40.3 cm³/mol. The van der Waals surface area contributed by atoms with Gasteiger partial charge in [0.05, 0.1) is 5.76 Å². The van der Waals surface area contributed by atoms with Gasteiger partial charge in [-0.15, -0.1) is 6.58 Å². The van der Waals surface area contributed by atoms with E-state index in [4.69, 9.17) is 5.11 Å². The molecule has 0 aromatic heterocycles. The Morgan fingerprint density at radius 2 is 2.33 bits per heavy atom. The van der Waals surface area contributed by atoms with Crippen LogP contribution in [0.1, 0.15) is 13.3 Å². The van der Waals surface area contributed by atoms with E-state index in [1.807, 2.05) is 13.0 Å². The van der Waals surface area contributed by atoms with Gasteiger partial charge >= 0.3 is 0 Å². The fraction of sp³-hybridized carbons (Fsp3) is 0.250. The molecule has 50 valence electrons. The number of hydrogen-bond acceptors (Lipinski definition) is 1. The fourth-order valence-electron chi connectivity index (χ4n) is 0.423. The summed E-state index contributed by atoms with van der Waals surface area (Å²) in [6.45, 7) is 5.38. The average molecular weight is 124 g/mol. The highest BCUT2D eigenvalue weighted by Gasteiger charge is 1.81. The lowest BCUT2D eigenvalue weighted by atomic mass is 10.3. The second kappa shape index (κ2) is 5.16. The molecule has 0 aliphatic carbocycles. The third-order valence-electron chi connectivity index (χ3n) is 0.835. The molecule has 0 spiro atoms. The molecule has 0 radical (unpaired) electrons. The maximum Gasteiger partial charge on any atom is 0.0959 e. The smallest absolute Gasteiger partial charge is 0.0959 e. The van der Waals surface area contributed by atoms with Crippen LogP contribution in [-0.4, -0.2) is 5.11 Å². The lowest BCUT2D eigenvalue weighted by Crippen LogP contribution is -1.73. The van der Waals surface area contributed by atoms with E-state index in [9.17, 15) is 0 Å². The average Bonchev–Trinajstić information content (AvgIpc) is 1.85. The zero-order chi connectivity index (χ0) is 7.11. The van der Waals surface area contributed by atoms with E-state index in [1.54, 1.807) is 18.2 Å². The summed E-state index contributed by atoms with van der Waals surface area (Å²) in [5.41, 5.74) is 0. The first-order chi connectivity index (χ1) is 4.31. The summed E-state index contributed by atoms with van der Waals surface area (Å²) in [6.07, 6.45) is 7.51. The van der Waals surface area contributed by atoms with Crippen LogP contribution in [0.2, 0.25) is 0 Å². The molecule has 0 saturated carbocycles. The number of aliphatic hydroxyl groups excluding tert-OH is 1. The molecule has 1 heteroatoms. The van der Waals surface area contributed by atoms with Gasteiger partial charge in [-0.1, -0.05) is 18.2 Å². The van der Waals surface area contributed by atoms with Crippen molar-refractivity contribution in [3.63, 3.8) is 0 Å². The van der Waals surface area contributed by atoms with Gasteiger partial charge in [-0.3, -0.25) is 0 Å². The van der Waals surface area contributed by atoms with E-state index in [0.29, 0.717) is 12.2 Å². The van der Waals surface area contributed by atoms with Crippen molar-refractivity contribution in [3.05, 3.63) is 36.6 Å². The molecule has 0 heterocycles. The Morgan fingerprint density at radius 1 is 1.67 bits per heavy atom. The van der Waals surface area contributed by atoms with Crippen molar-refractivity contribution in [2.24, 2.45) is 0 Å². The van der Waals surface area contributed by atoms with Crippen molar-refractivity contribution >= 4 is 0 Å². The van der Waals surface area contributed by atoms with E-state index >= 15 is 0 Å². The lowest BCUT2D eigenvalue weighted by Gasteiger charge is -1.88. The second-order valence-electron chi connectivity index (χ2n) is 1.68. The third kappa shape index (κ3) is 4.88. The van der Waals surface area contributed by atoms with E-state index < -0.39 is 0 Å². The SMILES string of the molecule is C=CC/C(O)=C\C=C/C. The summed E-state index contributed by atoms with van der Waals surface area (Å²) in [7, 11) is 0. The van der Waals surface area contributed by atoms with Gasteiger partial charge in [0.2, 0.25) is 0 Å². The molecule has 0 rings (SSSR count). The van der Waals surface area contributed by atoms with Crippen molar-refractivity contribution < 1.29 is 5.11 Å². The lowest BCUT2D eigenvalue weighted by molar-refractivity contribution is 0.401. The zero-order valence-corrected chi connectivity index (χ0v) is 5.67. The molecule has 1 N–H and O–H groups in total. The van der Waals surface area contributed by atoms with E-state index in [-0.39, 0.29) is 0 Å². The van der Waals surface area contributed by atoms with Gasteiger partial charge in [0.15, 0.2) is 0 Å². The standard InChI is InChI=1S/C8H12O/c1-3-5-7-8(9)6-4-2/h3-5,7,9H,2,6H2,1H3/b5-3-,8-7+. The number of allylic oxidation sites excluding steroid dienone is 4. The van der Waals surface area contributed by atoms with Crippen LogP contribution in [0.25, 0.3) is 0 Å². The maximum atomic E-state index is 8.92. The largest absolute Gasteiger partial charge is 0.512 e. The Bertz CT molecular complexity index is 132. The van der Waals surface area contributed by atoms with Crippen molar-refractivity contribution in [1.82, 2.24) is 0 Å². The van der Waals surface area contributed by atoms with Gasteiger partial charge in [0.25, 0.3) is 0 Å². The number of hydrogen-bond donors (Lipinski definition) is 1. The summed E-state index contributed by atoms with van der Waals surface area (Å²) < 4.78 is 0. The van der Waals surface area contributed by atoms with Crippen molar-refractivity contribution in [2.45, 2.75) is 13.3 Å². The Morgan fingerprint density at radius 3 is 2.78 bits per heavy atom. The molecule has 0 aromatic carbocycles. The Kier molecular flexibility index (Phi) is 4.60. The molecule has 1 nitrogen and oxygen atoms in total. The molecule has 0 atom stereocenters. The number of aliphatic hydroxyl groups is 1. The molecule has 0 aromatic rings. The summed E-state index contributed by atoms with van der Waals surface area (Å²) in [4.78, 5) is 0. The molecular weight excluding hydrogens is 112 g/mol. The predicted octanol–water partition coefficient (Wildman–Crippen LogP) is 2.58. The first-order valence-electron chi connectivity index (χ1n) is 2.93. The van der Waals surface area contributed by atoms with Gasteiger partial charge in [0.1, 0.15) is 0 Å². The maximum absolute atomic E-state index is 8.92. The van der Waals surface area contributed by atoms with Crippen LogP contribution in [0.4, 0.5) is 0 Å². The van der Waals surface area contributed by atoms with Crippen molar-refractivity contribution in [2.75, 3.05) is 0 Å². The minimum absolute atomic E-state index is 0.350. The van der Waals surface area contributed by atoms with Crippen LogP contribution in [-0.2, 0) is 0 Å². The van der Waals surface area contributed by atoms with Crippen LogP contribution >= 0.6 is 0 Å². The Labute approximate surface area is 56.0 Å². The van der Waals surface area contributed by atoms with Crippen LogP contribution in [0, 0.1) is 0 Å². The normalized spacial score (nSPS) is 12.3. The van der Waals surface area contributed by atoms with Crippen LogP contribution in [0.5, 0.6) is 0 Å². The van der Waals surface area contributed by atoms with Crippen molar-refractivity contribution in [3.8, 4) is 0 Å². The fourth-order valence-corrected chi connectivity index (χ4v) is 0.423. The molecule has 0 bridgehead atoms. The van der Waals surface area contributed by atoms with Gasteiger partial charge in [-0.25, -0.2) is 0 Å². The first kappa shape index (κ1) is 8.02. The molecule has 9 heavy (non-hydrogen) atoms. The van der Waals surface area contributed by atoms with E-state index in [1.165, 1.54) is 0 Å². The Hall–Kier alpha value is -0.980. The molecule has 0 unspecified atom stereocenters. The van der Waals surface area contributed by atoms with Crippen molar-refractivity contribution in [1.29, 1.82) is 0 Å². The monoisotopic (exact) mass is 124 g/mol. The minimum Gasteiger partial charge on any atom is -0.512 e. The highest BCUT2D eigenvalue weighted by molar-refractivity contribution is 5.07. The van der Waals surface area contributed by atoms with Gasteiger partial charge in [-0.05, 0) is 13.0 Å². The minimum atomic E-state index is 0.350. The van der Waals surface area contributed by atoms with Crippen LogP contribution < -0.4 is 0 Å². The molecule has 0 amide bonds. The van der Waals surface area contributed by atoms with Gasteiger partial charge < -0.3 is 5.11 Å². The molecule has 0 aliphatic rings. The van der Waals surface area contributed by atoms with E-state index in [2.05, 4.69) is 6.58 Å². The quantitative estimate of drug-likeness (QED) is 0.348. The summed E-state index contributed by atoms with van der Waals surface area (Å²) in [6, 6.07) is 0. The topological polar surface area (TPSA) is 20.2 Å². The summed E-state index contributed by atoms with van der Waals surface area (Å²) in [5, 5.41) is 8.92. The highest BCUT2D eigenvalue weighted by Crippen LogP contribution is 1.95. The van der Waals surface area contributed by atoms with Gasteiger partial charge in [-0.2, -0.15) is 0 Å². The van der Waals surface area contributed by atoms with E-state index in [0.717, 1.165) is 0 Å².